The summed E-state index contributed by atoms with van der Waals surface area (Å²) >= 11 is 0. The van der Waals surface area contributed by atoms with Crippen LogP contribution in [-0.2, 0) is 20.8 Å². The van der Waals surface area contributed by atoms with Gasteiger partial charge < -0.3 is 29.6 Å². The maximum absolute atomic E-state index is 14.2. The van der Waals surface area contributed by atoms with E-state index < -0.39 is 18.2 Å². The summed E-state index contributed by atoms with van der Waals surface area (Å²) in [6, 6.07) is 25.0. The monoisotopic (exact) mass is 644 g/mol. The molecule has 1 aromatic heterocycles. The minimum atomic E-state index is -1.08. The molecule has 0 fully saturated rings. The fraction of sp³-hybridized carbons (Fsp3) is 0.368. The van der Waals surface area contributed by atoms with Gasteiger partial charge in [-0.15, -0.1) is 0 Å². The van der Waals surface area contributed by atoms with Crippen LogP contribution in [0.25, 0.3) is 22.4 Å². The number of anilines is 1. The number of halogens is 1. The molecule has 8 nitrogen and oxygen atoms in total. The van der Waals surface area contributed by atoms with E-state index in [1.165, 1.54) is 12.1 Å². The fourth-order valence-electron chi connectivity index (χ4n) is 5.74. The van der Waals surface area contributed by atoms with E-state index >= 15 is 0 Å². The Morgan fingerprint density at radius 3 is 2.17 bits per heavy atom. The molecule has 0 aliphatic rings. The first kappa shape index (κ1) is 35.5. The van der Waals surface area contributed by atoms with Crippen molar-refractivity contribution in [3.8, 4) is 22.4 Å². The van der Waals surface area contributed by atoms with Crippen molar-refractivity contribution < 1.29 is 33.7 Å². The molecule has 0 radical (unpaired) electrons. The van der Waals surface area contributed by atoms with E-state index in [2.05, 4.69) is 5.32 Å². The van der Waals surface area contributed by atoms with E-state index in [0.717, 1.165) is 17.0 Å². The number of benzene rings is 3. The van der Waals surface area contributed by atoms with Crippen LogP contribution < -0.4 is 5.32 Å². The molecule has 1 heterocycles. The molecule has 0 aliphatic carbocycles. The van der Waals surface area contributed by atoms with Gasteiger partial charge >= 0.3 is 5.97 Å². The van der Waals surface area contributed by atoms with Gasteiger partial charge in [0.1, 0.15) is 5.82 Å². The van der Waals surface area contributed by atoms with Crippen molar-refractivity contribution in [1.82, 2.24) is 4.57 Å². The van der Waals surface area contributed by atoms with E-state index in [1.807, 2.05) is 86.0 Å². The third-order valence-electron chi connectivity index (χ3n) is 7.82. The number of hydrogen-bond donors (Lipinski definition) is 3. The zero-order chi connectivity index (χ0) is 33.8. The lowest BCUT2D eigenvalue weighted by molar-refractivity contribution is -0.146. The van der Waals surface area contributed by atoms with Gasteiger partial charge in [0.05, 0.1) is 36.5 Å². The Morgan fingerprint density at radius 2 is 1.53 bits per heavy atom. The molecular weight excluding hydrogens is 599 g/mol. The molecule has 0 aliphatic heterocycles. The molecule has 2 atom stereocenters. The highest BCUT2D eigenvalue weighted by atomic mass is 19.1. The van der Waals surface area contributed by atoms with Gasteiger partial charge in [-0.2, -0.15) is 0 Å². The topological polar surface area (TPSA) is 110 Å². The Labute approximate surface area is 276 Å². The van der Waals surface area contributed by atoms with Crippen LogP contribution in [-0.4, -0.2) is 58.7 Å². The van der Waals surface area contributed by atoms with E-state index in [1.54, 1.807) is 12.1 Å². The van der Waals surface area contributed by atoms with E-state index in [9.17, 15) is 24.2 Å². The number of ether oxygens (including phenoxy) is 2. The minimum absolute atomic E-state index is 0.0227. The largest absolute Gasteiger partial charge is 0.466 e. The molecule has 4 rings (SSSR count). The van der Waals surface area contributed by atoms with Gasteiger partial charge in [0.2, 0.25) is 0 Å². The Kier molecular flexibility index (Phi) is 13.3. The molecule has 47 heavy (non-hydrogen) atoms. The molecule has 3 aromatic carbocycles. The molecule has 4 aromatic rings. The maximum Gasteiger partial charge on any atom is 0.308 e. The van der Waals surface area contributed by atoms with Gasteiger partial charge in [-0.3, -0.25) is 9.59 Å². The van der Waals surface area contributed by atoms with Gasteiger partial charge in [-0.25, -0.2) is 4.39 Å². The number of amides is 1. The maximum atomic E-state index is 14.2. The van der Waals surface area contributed by atoms with Crippen LogP contribution in [0.5, 0.6) is 0 Å². The average molecular weight is 645 g/mol. The molecule has 250 valence electrons. The number of carbonyl (C=O) groups is 2. The lowest BCUT2D eigenvalue weighted by Crippen LogP contribution is -2.23. The fourth-order valence-corrected chi connectivity index (χ4v) is 5.74. The number of aliphatic hydroxyl groups is 2. The smallest absolute Gasteiger partial charge is 0.308 e. The normalized spacial score (nSPS) is 12.6. The Balaban J connectivity index is 1.67. The molecule has 0 bridgehead atoms. The van der Waals surface area contributed by atoms with Gasteiger partial charge in [0.15, 0.2) is 0 Å². The first-order chi connectivity index (χ1) is 22.7. The highest BCUT2D eigenvalue weighted by Crippen LogP contribution is 2.42. The summed E-state index contributed by atoms with van der Waals surface area (Å²) in [5, 5.41) is 24.6. The standard InChI is InChI=1S/C38H45FN2O6/c1-4-46-22-11-23-47-33(44)25-32(43)24-31(42)20-21-41-36(26(2)3)35(38(45)40-30-14-9-6-10-15-30)34(27-12-7-5-8-13-27)37(41)28-16-18-29(39)19-17-28/h5-10,12-19,26,31-32,42-43H,4,11,20-25H2,1-3H3,(H,40,45). The number of nitrogens with zero attached hydrogens (tertiary/aromatic N) is 1. The molecule has 2 unspecified atom stereocenters. The highest BCUT2D eigenvalue weighted by Gasteiger charge is 2.31. The third kappa shape index (κ3) is 9.84. The third-order valence-corrected chi connectivity index (χ3v) is 7.82. The van der Waals surface area contributed by atoms with Crippen molar-refractivity contribution in [1.29, 1.82) is 0 Å². The van der Waals surface area contributed by atoms with Crippen LogP contribution in [0.3, 0.4) is 0 Å². The molecule has 0 saturated heterocycles. The van der Waals surface area contributed by atoms with Crippen molar-refractivity contribution in [3.63, 3.8) is 0 Å². The van der Waals surface area contributed by atoms with Gasteiger partial charge in [0, 0.05) is 43.1 Å². The second-order valence-electron chi connectivity index (χ2n) is 11.8. The Morgan fingerprint density at radius 1 is 0.872 bits per heavy atom. The number of rotatable bonds is 17. The molecule has 0 saturated carbocycles. The minimum Gasteiger partial charge on any atom is -0.466 e. The summed E-state index contributed by atoms with van der Waals surface area (Å²) in [6.45, 7) is 7.49. The SMILES string of the molecule is CCOCCCOC(=O)CC(O)CC(O)CCn1c(-c2ccc(F)cc2)c(-c2ccccc2)c(C(=O)Nc2ccccc2)c1C(C)C. The van der Waals surface area contributed by atoms with Crippen molar-refractivity contribution >= 4 is 17.6 Å². The zero-order valence-electron chi connectivity index (χ0n) is 27.3. The molecule has 0 spiro atoms. The van der Waals surface area contributed by atoms with Crippen LogP contribution >= 0.6 is 0 Å². The number of carbonyl (C=O) groups excluding carboxylic acids is 2. The van der Waals surface area contributed by atoms with Gasteiger partial charge in [-0.05, 0) is 73.2 Å². The lowest BCUT2D eigenvalue weighted by atomic mass is 9.94. The Hall–Kier alpha value is -4.31. The van der Waals surface area contributed by atoms with Crippen LogP contribution in [0.2, 0.25) is 0 Å². The van der Waals surface area contributed by atoms with Crippen LogP contribution in [0, 0.1) is 5.82 Å². The van der Waals surface area contributed by atoms with Crippen LogP contribution in [0.15, 0.2) is 84.9 Å². The number of hydrogen-bond acceptors (Lipinski definition) is 6. The van der Waals surface area contributed by atoms with Crippen LogP contribution in [0.1, 0.15) is 68.4 Å². The van der Waals surface area contributed by atoms with E-state index in [0.29, 0.717) is 48.6 Å². The van der Waals surface area contributed by atoms with E-state index in [-0.39, 0.29) is 43.5 Å². The molecule has 9 heteroatoms. The molecule has 3 N–H and O–H groups in total. The predicted octanol–water partition coefficient (Wildman–Crippen LogP) is 7.20. The molecule has 1 amide bonds. The van der Waals surface area contributed by atoms with Crippen molar-refractivity contribution in [2.45, 2.75) is 71.1 Å². The summed E-state index contributed by atoms with van der Waals surface area (Å²) in [4.78, 5) is 26.4. The van der Waals surface area contributed by atoms with Crippen molar-refractivity contribution in [2.75, 3.05) is 25.1 Å². The average Bonchev–Trinajstić information content (AvgIpc) is 3.40. The van der Waals surface area contributed by atoms with Crippen molar-refractivity contribution in [2.24, 2.45) is 0 Å². The summed E-state index contributed by atoms with van der Waals surface area (Å²) in [7, 11) is 0. The first-order valence-corrected chi connectivity index (χ1v) is 16.2. The van der Waals surface area contributed by atoms with Gasteiger partial charge in [0.25, 0.3) is 5.91 Å². The highest BCUT2D eigenvalue weighted by molar-refractivity contribution is 6.12. The number of nitrogens with one attached hydrogen (secondary N) is 1. The van der Waals surface area contributed by atoms with Gasteiger partial charge in [-0.1, -0.05) is 62.4 Å². The zero-order valence-corrected chi connectivity index (χ0v) is 27.3. The molecular formula is C38H45FN2O6. The summed E-state index contributed by atoms with van der Waals surface area (Å²) in [6.07, 6.45) is -1.47. The second-order valence-corrected chi connectivity index (χ2v) is 11.8. The summed E-state index contributed by atoms with van der Waals surface area (Å²) < 4.78 is 26.6. The van der Waals surface area contributed by atoms with Crippen molar-refractivity contribution in [3.05, 3.63) is 102 Å². The number of esters is 1. The summed E-state index contributed by atoms with van der Waals surface area (Å²) in [5.41, 5.74) is 4.88. The number of para-hydroxylation sites is 1. The Bertz CT molecular complexity index is 1570. The second kappa shape index (κ2) is 17.6. The predicted molar refractivity (Wildman–Crippen MR) is 182 cm³/mol. The summed E-state index contributed by atoms with van der Waals surface area (Å²) in [5.74, 6) is -1.30. The first-order valence-electron chi connectivity index (χ1n) is 16.2. The quantitative estimate of drug-likeness (QED) is 0.0829. The number of aromatic nitrogens is 1. The number of aliphatic hydroxyl groups excluding tert-OH is 2. The lowest BCUT2D eigenvalue weighted by Gasteiger charge is -2.20. The van der Waals surface area contributed by atoms with E-state index in [4.69, 9.17) is 9.47 Å². The van der Waals surface area contributed by atoms with Crippen LogP contribution in [0.4, 0.5) is 10.1 Å².